The first-order valence-electron chi connectivity index (χ1n) is 6.82. The highest BCUT2D eigenvalue weighted by Gasteiger charge is 2.62. The van der Waals surface area contributed by atoms with Crippen molar-refractivity contribution in [2.45, 2.75) is 31.3 Å². The molecule has 3 heterocycles. The van der Waals surface area contributed by atoms with E-state index in [0.29, 0.717) is 5.56 Å². The zero-order chi connectivity index (χ0) is 16.1. The molecule has 2 saturated heterocycles. The summed E-state index contributed by atoms with van der Waals surface area (Å²) in [7, 11) is 0. The van der Waals surface area contributed by atoms with Crippen LogP contribution in [0.1, 0.15) is 18.2 Å². The molecule has 9 heteroatoms. The van der Waals surface area contributed by atoms with Gasteiger partial charge in [-0.1, -0.05) is 0 Å². The molecule has 4 atom stereocenters. The van der Waals surface area contributed by atoms with Gasteiger partial charge in [0.05, 0.1) is 19.6 Å². The number of aromatic nitrogens is 2. The number of rotatable bonds is 4. The molecule has 1 aromatic heterocycles. The average molecular weight is 312 g/mol. The fraction of sp³-hybridized carbons (Fsp3) is 0.615. The van der Waals surface area contributed by atoms with Crippen LogP contribution < -0.4 is 11.2 Å². The third kappa shape index (κ3) is 2.09. The molecule has 1 unspecified atom stereocenters. The second-order valence-corrected chi connectivity index (χ2v) is 5.69. The Bertz CT molecular complexity index is 724. The standard InChI is InChI=1S/C13H16N2O7/c1-6-3-15(12(20)14-10(6)19)11-9-7(2-8(17)18)13(4-16,22-11)5-21-9/h3,7,9,11,16H,2,4-5H2,1H3,(H,17,18)(H,14,19,20)/t7-,9?,11-,13+/m1/s1. The van der Waals surface area contributed by atoms with Crippen LogP contribution in [0.2, 0.25) is 0 Å². The van der Waals surface area contributed by atoms with Gasteiger partial charge in [0.25, 0.3) is 5.56 Å². The SMILES string of the molecule is Cc1cn([C@@H]2O[C@@]3(CO)COC2[C@H]3CC(=O)O)c(=O)[nH]c1=O. The number of hydrogen-bond donors (Lipinski definition) is 3. The zero-order valence-corrected chi connectivity index (χ0v) is 11.8. The number of aliphatic carboxylic acids is 1. The van der Waals surface area contributed by atoms with Crippen LogP contribution >= 0.6 is 0 Å². The quantitative estimate of drug-likeness (QED) is 0.623. The van der Waals surface area contributed by atoms with Crippen molar-refractivity contribution < 1.29 is 24.5 Å². The van der Waals surface area contributed by atoms with E-state index in [1.807, 2.05) is 0 Å². The van der Waals surface area contributed by atoms with E-state index in [1.165, 1.54) is 10.8 Å². The highest BCUT2D eigenvalue weighted by molar-refractivity contribution is 5.67. The number of aromatic amines is 1. The van der Waals surface area contributed by atoms with Gasteiger partial charge in [-0.2, -0.15) is 0 Å². The molecule has 0 aromatic carbocycles. The first-order valence-corrected chi connectivity index (χ1v) is 6.82. The summed E-state index contributed by atoms with van der Waals surface area (Å²) >= 11 is 0. The Morgan fingerprint density at radius 3 is 2.91 bits per heavy atom. The third-order valence-electron chi connectivity index (χ3n) is 4.31. The van der Waals surface area contributed by atoms with Crippen molar-refractivity contribution in [3.8, 4) is 0 Å². The summed E-state index contributed by atoms with van der Waals surface area (Å²) in [6, 6.07) is 0. The summed E-state index contributed by atoms with van der Waals surface area (Å²) in [6.45, 7) is 1.20. The minimum Gasteiger partial charge on any atom is -0.481 e. The number of aliphatic hydroxyl groups is 1. The monoisotopic (exact) mass is 312 g/mol. The molecule has 1 aromatic rings. The number of hydrogen-bond acceptors (Lipinski definition) is 6. The lowest BCUT2D eigenvalue weighted by atomic mass is 9.86. The van der Waals surface area contributed by atoms with Crippen molar-refractivity contribution in [1.82, 2.24) is 9.55 Å². The molecule has 2 fully saturated rings. The van der Waals surface area contributed by atoms with Crippen molar-refractivity contribution in [2.24, 2.45) is 5.92 Å². The second kappa shape index (κ2) is 5.04. The molecule has 2 aliphatic heterocycles. The summed E-state index contributed by atoms with van der Waals surface area (Å²) < 4.78 is 12.5. The van der Waals surface area contributed by atoms with E-state index < -0.39 is 47.7 Å². The van der Waals surface area contributed by atoms with Gasteiger partial charge in [-0.05, 0) is 6.92 Å². The van der Waals surface area contributed by atoms with E-state index in [9.17, 15) is 19.5 Å². The third-order valence-corrected chi connectivity index (χ3v) is 4.31. The molecule has 120 valence electrons. The lowest BCUT2D eigenvalue weighted by molar-refractivity contribution is -0.186. The smallest absolute Gasteiger partial charge is 0.330 e. The van der Waals surface area contributed by atoms with Crippen molar-refractivity contribution in [2.75, 3.05) is 13.2 Å². The Hall–Kier alpha value is -1.97. The van der Waals surface area contributed by atoms with Crippen LogP contribution in [0.25, 0.3) is 0 Å². The van der Waals surface area contributed by atoms with Gasteiger partial charge in [0.2, 0.25) is 0 Å². The highest BCUT2D eigenvalue weighted by atomic mass is 16.6. The highest BCUT2D eigenvalue weighted by Crippen LogP contribution is 2.49. The molecule has 0 aliphatic carbocycles. The minimum absolute atomic E-state index is 0.0691. The Labute approximate surface area is 124 Å². The first kappa shape index (κ1) is 14.9. The molecule has 0 saturated carbocycles. The van der Waals surface area contributed by atoms with Gasteiger partial charge in [0.1, 0.15) is 11.7 Å². The van der Waals surface area contributed by atoms with Gasteiger partial charge in [-0.25, -0.2) is 4.79 Å². The number of nitrogens with one attached hydrogen (secondary N) is 1. The Balaban J connectivity index is 2.01. The normalized spacial score (nSPS) is 33.3. The first-order chi connectivity index (χ1) is 10.4. The van der Waals surface area contributed by atoms with E-state index in [0.717, 1.165) is 0 Å². The van der Waals surface area contributed by atoms with Crippen molar-refractivity contribution in [3.05, 3.63) is 32.6 Å². The summed E-state index contributed by atoms with van der Waals surface area (Å²) in [5, 5.41) is 18.6. The molecule has 2 aliphatic rings. The number of nitrogens with zero attached hydrogens (tertiary/aromatic N) is 1. The van der Waals surface area contributed by atoms with E-state index >= 15 is 0 Å². The number of carbonyl (C=O) groups is 1. The van der Waals surface area contributed by atoms with Crippen LogP contribution in [0.4, 0.5) is 0 Å². The average Bonchev–Trinajstić information content (AvgIpc) is 2.95. The largest absolute Gasteiger partial charge is 0.481 e. The van der Waals surface area contributed by atoms with Gasteiger partial charge in [0, 0.05) is 17.7 Å². The fourth-order valence-corrected chi connectivity index (χ4v) is 3.15. The van der Waals surface area contributed by atoms with Gasteiger partial charge in [-0.3, -0.25) is 19.1 Å². The maximum absolute atomic E-state index is 12.0. The Morgan fingerprint density at radius 2 is 2.27 bits per heavy atom. The molecule has 0 radical (unpaired) electrons. The number of aryl methyl sites for hydroxylation is 1. The van der Waals surface area contributed by atoms with E-state index in [-0.39, 0.29) is 13.0 Å². The lowest BCUT2D eigenvalue weighted by Crippen LogP contribution is -2.43. The van der Waals surface area contributed by atoms with E-state index in [2.05, 4.69) is 4.98 Å². The molecule has 0 amide bonds. The molecule has 22 heavy (non-hydrogen) atoms. The van der Waals surface area contributed by atoms with Crippen molar-refractivity contribution in [3.63, 3.8) is 0 Å². The molecular formula is C13H16N2O7. The summed E-state index contributed by atoms with van der Waals surface area (Å²) in [5.41, 5.74) is -1.99. The van der Waals surface area contributed by atoms with Crippen LogP contribution in [0, 0.1) is 12.8 Å². The predicted octanol–water partition coefficient (Wildman–Crippen LogP) is -1.41. The van der Waals surface area contributed by atoms with Crippen LogP contribution in [0.15, 0.2) is 15.8 Å². The topological polar surface area (TPSA) is 131 Å². The number of ether oxygens (including phenoxy) is 2. The maximum atomic E-state index is 12.0. The molecule has 9 nitrogen and oxygen atoms in total. The van der Waals surface area contributed by atoms with Crippen LogP contribution in [0.5, 0.6) is 0 Å². The minimum atomic E-state index is -1.14. The molecule has 0 spiro atoms. The number of H-pyrrole nitrogens is 1. The number of carboxylic acids is 1. The summed E-state index contributed by atoms with van der Waals surface area (Å²) in [5.74, 6) is -1.60. The van der Waals surface area contributed by atoms with Gasteiger partial charge in [-0.15, -0.1) is 0 Å². The lowest BCUT2D eigenvalue weighted by Gasteiger charge is -2.30. The molecule has 3 N–H and O–H groups in total. The predicted molar refractivity (Wildman–Crippen MR) is 71.5 cm³/mol. The second-order valence-electron chi connectivity index (χ2n) is 5.69. The Morgan fingerprint density at radius 1 is 1.55 bits per heavy atom. The summed E-state index contributed by atoms with van der Waals surface area (Å²) in [6.07, 6.45) is -0.447. The molecular weight excluding hydrogens is 296 g/mol. The number of aliphatic hydroxyl groups excluding tert-OH is 1. The zero-order valence-electron chi connectivity index (χ0n) is 11.8. The van der Waals surface area contributed by atoms with E-state index in [4.69, 9.17) is 14.6 Å². The Kier molecular flexibility index (Phi) is 3.42. The molecule has 2 bridgehead atoms. The van der Waals surface area contributed by atoms with Crippen molar-refractivity contribution in [1.29, 1.82) is 0 Å². The number of carboxylic acid groups (broad SMARTS) is 1. The van der Waals surface area contributed by atoms with Crippen LogP contribution in [-0.2, 0) is 14.3 Å². The van der Waals surface area contributed by atoms with Gasteiger partial charge in [0.15, 0.2) is 6.23 Å². The van der Waals surface area contributed by atoms with Gasteiger partial charge >= 0.3 is 11.7 Å². The number of fused-ring (bicyclic) bond motifs is 2. The van der Waals surface area contributed by atoms with Crippen molar-refractivity contribution >= 4 is 5.97 Å². The van der Waals surface area contributed by atoms with Crippen LogP contribution in [-0.4, -0.2) is 50.7 Å². The van der Waals surface area contributed by atoms with Gasteiger partial charge < -0.3 is 19.7 Å². The summed E-state index contributed by atoms with van der Waals surface area (Å²) in [4.78, 5) is 36.6. The fourth-order valence-electron chi connectivity index (χ4n) is 3.15. The molecule has 3 rings (SSSR count). The maximum Gasteiger partial charge on any atom is 0.330 e. The van der Waals surface area contributed by atoms with Crippen LogP contribution in [0.3, 0.4) is 0 Å². The van der Waals surface area contributed by atoms with E-state index in [1.54, 1.807) is 6.92 Å².